The van der Waals surface area contributed by atoms with Crippen molar-refractivity contribution in [3.63, 3.8) is 0 Å². The molecule has 148 valence electrons. The molecule has 1 unspecified atom stereocenters. The smallest absolute Gasteiger partial charge is 0.224 e. The van der Waals surface area contributed by atoms with Gasteiger partial charge >= 0.3 is 0 Å². The van der Waals surface area contributed by atoms with Crippen LogP contribution in [0, 0.1) is 0 Å². The number of rotatable bonds is 5. The SMILES string of the molecule is CN(Cc1ccccc1N1CCOCC1)C(=O)CC1COCCN1.Cl.Cl. The van der Waals surface area contributed by atoms with Gasteiger partial charge in [-0.1, -0.05) is 18.2 Å². The number of amides is 1. The van der Waals surface area contributed by atoms with Crippen molar-refractivity contribution in [3.8, 4) is 0 Å². The zero-order valence-electron chi connectivity index (χ0n) is 15.2. The number of carbonyl (C=O) groups excluding carboxylic acids is 1. The van der Waals surface area contributed by atoms with Crippen LogP contribution in [0.3, 0.4) is 0 Å². The fraction of sp³-hybridized carbons (Fsp3) is 0.611. The van der Waals surface area contributed by atoms with Crippen molar-refractivity contribution in [2.45, 2.75) is 19.0 Å². The Morgan fingerprint density at radius 3 is 2.62 bits per heavy atom. The third-order valence-electron chi connectivity index (χ3n) is 4.60. The van der Waals surface area contributed by atoms with E-state index in [4.69, 9.17) is 9.47 Å². The molecule has 6 nitrogen and oxygen atoms in total. The van der Waals surface area contributed by atoms with Crippen molar-refractivity contribution in [3.05, 3.63) is 29.8 Å². The maximum Gasteiger partial charge on any atom is 0.224 e. The number of hydrogen-bond donors (Lipinski definition) is 1. The average Bonchev–Trinajstić information content (AvgIpc) is 2.63. The second-order valence-electron chi connectivity index (χ2n) is 6.41. The molecule has 2 saturated heterocycles. The molecule has 26 heavy (non-hydrogen) atoms. The number of ether oxygens (including phenoxy) is 2. The molecule has 0 saturated carbocycles. The number of para-hydroxylation sites is 1. The number of anilines is 1. The van der Waals surface area contributed by atoms with E-state index in [2.05, 4.69) is 28.4 Å². The van der Waals surface area contributed by atoms with Gasteiger partial charge in [-0.05, 0) is 11.6 Å². The summed E-state index contributed by atoms with van der Waals surface area (Å²) >= 11 is 0. The van der Waals surface area contributed by atoms with Crippen molar-refractivity contribution < 1.29 is 14.3 Å². The number of benzene rings is 1. The lowest BCUT2D eigenvalue weighted by molar-refractivity contribution is -0.131. The van der Waals surface area contributed by atoms with E-state index in [-0.39, 0.29) is 36.8 Å². The van der Waals surface area contributed by atoms with Crippen molar-refractivity contribution in [1.29, 1.82) is 0 Å². The number of nitrogens with one attached hydrogen (secondary N) is 1. The van der Waals surface area contributed by atoms with E-state index < -0.39 is 0 Å². The Hall–Kier alpha value is -1.05. The number of hydrogen-bond acceptors (Lipinski definition) is 5. The third-order valence-corrected chi connectivity index (χ3v) is 4.60. The van der Waals surface area contributed by atoms with Crippen LogP contribution in [-0.2, 0) is 20.8 Å². The first-order valence-corrected chi connectivity index (χ1v) is 8.70. The van der Waals surface area contributed by atoms with Crippen LogP contribution in [0.25, 0.3) is 0 Å². The molecule has 1 atom stereocenters. The quantitative estimate of drug-likeness (QED) is 0.807. The maximum atomic E-state index is 12.5. The number of morpholine rings is 2. The van der Waals surface area contributed by atoms with Crippen LogP contribution in [0.4, 0.5) is 5.69 Å². The summed E-state index contributed by atoms with van der Waals surface area (Å²) in [5.74, 6) is 0.148. The normalized spacial score (nSPS) is 19.9. The van der Waals surface area contributed by atoms with E-state index in [0.29, 0.717) is 19.6 Å². The molecule has 0 spiro atoms. The molecule has 2 fully saturated rings. The zero-order valence-corrected chi connectivity index (χ0v) is 16.8. The maximum absolute atomic E-state index is 12.5. The molecule has 1 aromatic carbocycles. The van der Waals surface area contributed by atoms with Crippen LogP contribution in [-0.4, -0.2) is 70.0 Å². The fourth-order valence-corrected chi connectivity index (χ4v) is 3.22. The lowest BCUT2D eigenvalue weighted by atomic mass is 10.1. The summed E-state index contributed by atoms with van der Waals surface area (Å²) in [6.07, 6.45) is 0.482. The molecule has 0 aromatic heterocycles. The van der Waals surface area contributed by atoms with E-state index in [1.807, 2.05) is 18.0 Å². The van der Waals surface area contributed by atoms with Crippen molar-refractivity contribution in [1.82, 2.24) is 10.2 Å². The molecular weight excluding hydrogens is 377 g/mol. The molecule has 1 amide bonds. The van der Waals surface area contributed by atoms with Gasteiger partial charge in [-0.2, -0.15) is 0 Å². The minimum absolute atomic E-state index is 0. The molecule has 2 aliphatic heterocycles. The van der Waals surface area contributed by atoms with E-state index in [1.165, 1.54) is 11.3 Å². The Morgan fingerprint density at radius 2 is 1.92 bits per heavy atom. The van der Waals surface area contributed by atoms with Crippen molar-refractivity contribution in [2.75, 3.05) is 58.0 Å². The van der Waals surface area contributed by atoms with Gasteiger partial charge in [-0.3, -0.25) is 4.79 Å². The first-order valence-electron chi connectivity index (χ1n) is 8.70. The predicted molar refractivity (Wildman–Crippen MR) is 108 cm³/mol. The number of halogens is 2. The molecule has 3 rings (SSSR count). The Labute approximate surface area is 168 Å². The molecule has 0 radical (unpaired) electrons. The van der Waals surface area contributed by atoms with E-state index in [9.17, 15) is 4.79 Å². The molecule has 2 heterocycles. The highest BCUT2D eigenvalue weighted by atomic mass is 35.5. The van der Waals surface area contributed by atoms with Crippen LogP contribution in [0.1, 0.15) is 12.0 Å². The summed E-state index contributed by atoms with van der Waals surface area (Å²) in [4.78, 5) is 16.7. The highest BCUT2D eigenvalue weighted by Crippen LogP contribution is 2.23. The molecule has 1 aromatic rings. The summed E-state index contributed by atoms with van der Waals surface area (Å²) in [6, 6.07) is 8.46. The highest BCUT2D eigenvalue weighted by molar-refractivity contribution is 5.85. The molecule has 0 bridgehead atoms. The Kier molecular flexibility index (Phi) is 10.3. The lowest BCUT2D eigenvalue weighted by Gasteiger charge is -2.32. The highest BCUT2D eigenvalue weighted by Gasteiger charge is 2.21. The Morgan fingerprint density at radius 1 is 1.19 bits per heavy atom. The van der Waals surface area contributed by atoms with Gasteiger partial charge in [0.05, 0.1) is 26.4 Å². The van der Waals surface area contributed by atoms with Gasteiger partial charge in [0.1, 0.15) is 0 Å². The molecule has 0 aliphatic carbocycles. The van der Waals surface area contributed by atoms with Gasteiger partial charge < -0.3 is 24.6 Å². The molecule has 1 N–H and O–H groups in total. The van der Waals surface area contributed by atoms with Crippen LogP contribution in [0.15, 0.2) is 24.3 Å². The summed E-state index contributed by atoms with van der Waals surface area (Å²) in [6.45, 7) is 6.11. The van der Waals surface area contributed by atoms with Crippen LogP contribution >= 0.6 is 24.8 Å². The van der Waals surface area contributed by atoms with Gasteiger partial charge in [0.25, 0.3) is 0 Å². The van der Waals surface area contributed by atoms with Gasteiger partial charge in [0.15, 0.2) is 0 Å². The molecule has 2 aliphatic rings. The summed E-state index contributed by atoms with van der Waals surface area (Å²) in [5.41, 5.74) is 2.39. The standard InChI is InChI=1S/C18H27N3O3.2ClH/c1-20(18(22)12-16-14-24-9-6-19-16)13-15-4-2-3-5-17(15)21-7-10-23-11-8-21;;/h2-5,16,19H,6-14H2,1H3;2*1H. The number of carbonyl (C=O) groups is 1. The topological polar surface area (TPSA) is 54.0 Å². The van der Waals surface area contributed by atoms with E-state index in [1.54, 1.807) is 0 Å². The first kappa shape index (κ1) is 23.0. The van der Waals surface area contributed by atoms with Crippen LogP contribution in [0.5, 0.6) is 0 Å². The summed E-state index contributed by atoms with van der Waals surface area (Å²) < 4.78 is 10.9. The van der Waals surface area contributed by atoms with Gasteiger partial charge in [0, 0.05) is 51.4 Å². The lowest BCUT2D eigenvalue weighted by Crippen LogP contribution is -2.44. The number of nitrogens with zero attached hydrogens (tertiary/aromatic N) is 2. The van der Waals surface area contributed by atoms with Crippen molar-refractivity contribution >= 4 is 36.4 Å². The van der Waals surface area contributed by atoms with Crippen molar-refractivity contribution in [2.24, 2.45) is 0 Å². The third kappa shape index (κ3) is 6.28. The largest absolute Gasteiger partial charge is 0.378 e. The van der Waals surface area contributed by atoms with Gasteiger partial charge in [-0.15, -0.1) is 24.8 Å². The van der Waals surface area contributed by atoms with Crippen LogP contribution in [0.2, 0.25) is 0 Å². The second-order valence-corrected chi connectivity index (χ2v) is 6.41. The van der Waals surface area contributed by atoms with E-state index >= 15 is 0 Å². The van der Waals surface area contributed by atoms with Gasteiger partial charge in [0.2, 0.25) is 5.91 Å². The Balaban J connectivity index is 0.00000169. The Bertz CT molecular complexity index is 550. The second kappa shape index (κ2) is 11.6. The zero-order chi connectivity index (χ0) is 16.8. The minimum Gasteiger partial charge on any atom is -0.378 e. The summed E-state index contributed by atoms with van der Waals surface area (Å²) in [5, 5.41) is 3.34. The monoisotopic (exact) mass is 405 g/mol. The predicted octanol–water partition coefficient (Wildman–Crippen LogP) is 1.70. The van der Waals surface area contributed by atoms with E-state index in [0.717, 1.165) is 39.5 Å². The average molecular weight is 406 g/mol. The molecule has 8 heteroatoms. The minimum atomic E-state index is 0. The summed E-state index contributed by atoms with van der Waals surface area (Å²) in [7, 11) is 1.88. The first-order chi connectivity index (χ1) is 11.7. The van der Waals surface area contributed by atoms with Gasteiger partial charge in [-0.25, -0.2) is 0 Å². The van der Waals surface area contributed by atoms with Crippen LogP contribution < -0.4 is 10.2 Å². The fourth-order valence-electron chi connectivity index (χ4n) is 3.22. The molecular formula is C18H29Cl2N3O3.